The van der Waals surface area contributed by atoms with Crippen molar-refractivity contribution < 1.29 is 23.1 Å². The molecule has 0 saturated carbocycles. The van der Waals surface area contributed by atoms with E-state index in [9.17, 15) is 18.0 Å². The lowest BCUT2D eigenvalue weighted by molar-refractivity contribution is -0.141. The standard InChI is InChI=1S/C11H20N2O5S/c1-2-8(11(15)16)6-13-10(14)5-9-7-19(17,18)4-3-12-9/h8-9,12H,2-7H2,1H3,(H,13,14)(H,15,16). The third-order valence-electron chi connectivity index (χ3n) is 3.12. The van der Waals surface area contributed by atoms with Crippen molar-refractivity contribution in [1.82, 2.24) is 10.6 Å². The Kier molecular flexibility index (Phi) is 5.74. The van der Waals surface area contributed by atoms with Crippen LogP contribution in [0.3, 0.4) is 0 Å². The van der Waals surface area contributed by atoms with Gasteiger partial charge in [-0.3, -0.25) is 9.59 Å². The summed E-state index contributed by atoms with van der Waals surface area (Å²) in [6.07, 6.45) is 0.487. The van der Waals surface area contributed by atoms with E-state index in [1.807, 2.05) is 0 Å². The zero-order valence-electron chi connectivity index (χ0n) is 10.9. The van der Waals surface area contributed by atoms with E-state index in [1.54, 1.807) is 6.92 Å². The monoisotopic (exact) mass is 292 g/mol. The number of nitrogens with one attached hydrogen (secondary N) is 2. The molecule has 1 fully saturated rings. The molecule has 2 unspecified atom stereocenters. The summed E-state index contributed by atoms with van der Waals surface area (Å²) in [6, 6.07) is -0.386. The number of aliphatic carboxylic acids is 1. The van der Waals surface area contributed by atoms with Crippen molar-refractivity contribution in [2.45, 2.75) is 25.8 Å². The maximum Gasteiger partial charge on any atom is 0.308 e. The van der Waals surface area contributed by atoms with Crippen LogP contribution in [0.15, 0.2) is 0 Å². The first-order chi connectivity index (χ1) is 8.84. The SMILES string of the molecule is CCC(CNC(=O)CC1CS(=O)(=O)CCN1)C(=O)O. The topological polar surface area (TPSA) is 113 Å². The highest BCUT2D eigenvalue weighted by molar-refractivity contribution is 7.91. The minimum Gasteiger partial charge on any atom is -0.481 e. The quantitative estimate of drug-likeness (QED) is 0.578. The Hall–Kier alpha value is -1.15. The molecule has 0 radical (unpaired) electrons. The Bertz CT molecular complexity index is 434. The zero-order chi connectivity index (χ0) is 14.5. The molecule has 0 spiro atoms. The largest absolute Gasteiger partial charge is 0.481 e. The molecule has 1 aliphatic rings. The lowest BCUT2D eigenvalue weighted by atomic mass is 10.1. The number of sulfone groups is 1. The van der Waals surface area contributed by atoms with Gasteiger partial charge in [0.25, 0.3) is 0 Å². The van der Waals surface area contributed by atoms with E-state index in [0.29, 0.717) is 13.0 Å². The smallest absolute Gasteiger partial charge is 0.308 e. The van der Waals surface area contributed by atoms with Gasteiger partial charge in [-0.1, -0.05) is 6.92 Å². The fraction of sp³-hybridized carbons (Fsp3) is 0.818. The van der Waals surface area contributed by atoms with Gasteiger partial charge >= 0.3 is 5.97 Å². The zero-order valence-corrected chi connectivity index (χ0v) is 11.7. The van der Waals surface area contributed by atoms with E-state index < -0.39 is 21.7 Å². The molecule has 0 aromatic rings. The second-order valence-electron chi connectivity index (χ2n) is 4.72. The first kappa shape index (κ1) is 15.9. The van der Waals surface area contributed by atoms with Crippen LogP contribution < -0.4 is 10.6 Å². The van der Waals surface area contributed by atoms with Crippen LogP contribution in [0.1, 0.15) is 19.8 Å². The summed E-state index contributed by atoms with van der Waals surface area (Å²) in [5.74, 6) is -1.82. The minimum absolute atomic E-state index is 0.0451. The maximum atomic E-state index is 11.6. The highest BCUT2D eigenvalue weighted by Gasteiger charge is 2.26. The number of carbonyl (C=O) groups excluding carboxylic acids is 1. The number of hydrogen-bond donors (Lipinski definition) is 3. The first-order valence-corrected chi connectivity index (χ1v) is 8.09. The van der Waals surface area contributed by atoms with Crippen LogP contribution in [-0.4, -0.2) is 56.0 Å². The number of carboxylic acids is 1. The van der Waals surface area contributed by atoms with Crippen LogP contribution >= 0.6 is 0 Å². The van der Waals surface area contributed by atoms with Crippen LogP contribution in [0.2, 0.25) is 0 Å². The fourth-order valence-corrected chi connectivity index (χ4v) is 3.38. The predicted octanol–water partition coefficient (Wildman–Crippen LogP) is -1.01. The van der Waals surface area contributed by atoms with Crippen molar-refractivity contribution in [3.63, 3.8) is 0 Å². The molecule has 19 heavy (non-hydrogen) atoms. The fourth-order valence-electron chi connectivity index (χ4n) is 1.94. The number of hydrogen-bond acceptors (Lipinski definition) is 5. The summed E-state index contributed by atoms with van der Waals surface area (Å²) in [5.41, 5.74) is 0. The lowest BCUT2D eigenvalue weighted by Gasteiger charge is -2.23. The Morgan fingerprint density at radius 2 is 2.16 bits per heavy atom. The van der Waals surface area contributed by atoms with E-state index in [4.69, 9.17) is 5.11 Å². The van der Waals surface area contributed by atoms with Crippen LogP contribution in [0, 0.1) is 5.92 Å². The molecule has 2 atom stereocenters. The average molecular weight is 292 g/mol. The van der Waals surface area contributed by atoms with Gasteiger partial charge in [0.1, 0.15) is 0 Å². The highest BCUT2D eigenvalue weighted by Crippen LogP contribution is 2.05. The molecular weight excluding hydrogens is 272 g/mol. The molecule has 1 rings (SSSR count). The van der Waals surface area contributed by atoms with Crippen molar-refractivity contribution in [3.8, 4) is 0 Å². The third-order valence-corrected chi connectivity index (χ3v) is 4.86. The molecule has 1 saturated heterocycles. The molecule has 0 bridgehead atoms. The Morgan fingerprint density at radius 3 is 2.68 bits per heavy atom. The second-order valence-corrected chi connectivity index (χ2v) is 6.95. The van der Waals surface area contributed by atoms with Gasteiger partial charge in [-0.05, 0) is 6.42 Å². The molecule has 8 heteroatoms. The van der Waals surface area contributed by atoms with Gasteiger partial charge in [0.2, 0.25) is 5.91 Å². The molecular formula is C11H20N2O5S. The van der Waals surface area contributed by atoms with Gasteiger partial charge < -0.3 is 15.7 Å². The van der Waals surface area contributed by atoms with Crippen molar-refractivity contribution >= 4 is 21.7 Å². The van der Waals surface area contributed by atoms with Gasteiger partial charge in [-0.2, -0.15) is 0 Å². The summed E-state index contributed by atoms with van der Waals surface area (Å²) in [6.45, 7) is 2.16. The predicted molar refractivity (Wildman–Crippen MR) is 69.5 cm³/mol. The van der Waals surface area contributed by atoms with Gasteiger partial charge in [0, 0.05) is 25.6 Å². The van der Waals surface area contributed by atoms with Gasteiger partial charge in [0.15, 0.2) is 9.84 Å². The highest BCUT2D eigenvalue weighted by atomic mass is 32.2. The number of rotatable bonds is 6. The number of carbonyl (C=O) groups is 2. The summed E-state index contributed by atoms with van der Waals surface area (Å²) < 4.78 is 22.8. The van der Waals surface area contributed by atoms with Crippen LogP contribution in [0.4, 0.5) is 0 Å². The van der Waals surface area contributed by atoms with Crippen LogP contribution in [0.5, 0.6) is 0 Å². The Labute approximate surface area is 112 Å². The average Bonchev–Trinajstić information content (AvgIpc) is 2.27. The summed E-state index contributed by atoms with van der Waals surface area (Å²) in [5, 5.41) is 14.3. The van der Waals surface area contributed by atoms with Gasteiger partial charge in [-0.25, -0.2) is 8.42 Å². The van der Waals surface area contributed by atoms with Crippen LogP contribution in [-0.2, 0) is 19.4 Å². The van der Waals surface area contributed by atoms with E-state index in [0.717, 1.165) is 0 Å². The second kappa shape index (κ2) is 6.85. The third kappa shape index (κ3) is 5.56. The van der Waals surface area contributed by atoms with Crippen molar-refractivity contribution in [1.29, 1.82) is 0 Å². The Balaban J connectivity index is 2.37. The molecule has 1 heterocycles. The Morgan fingerprint density at radius 1 is 1.47 bits per heavy atom. The summed E-state index contributed by atoms with van der Waals surface area (Å²) in [4.78, 5) is 22.4. The first-order valence-electron chi connectivity index (χ1n) is 6.27. The van der Waals surface area contributed by atoms with E-state index in [-0.39, 0.29) is 36.4 Å². The normalized spacial score (nSPS) is 23.5. The van der Waals surface area contributed by atoms with Crippen LogP contribution in [0.25, 0.3) is 0 Å². The molecule has 0 aliphatic carbocycles. The van der Waals surface area contributed by atoms with E-state index in [1.165, 1.54) is 0 Å². The molecule has 1 amide bonds. The van der Waals surface area contributed by atoms with E-state index >= 15 is 0 Å². The summed E-state index contributed by atoms with van der Waals surface area (Å²) >= 11 is 0. The number of amides is 1. The molecule has 0 aromatic carbocycles. The number of carboxylic acid groups (broad SMARTS) is 1. The van der Waals surface area contributed by atoms with Crippen molar-refractivity contribution in [2.24, 2.45) is 5.92 Å². The maximum absolute atomic E-state index is 11.6. The molecule has 0 aromatic heterocycles. The summed E-state index contributed by atoms with van der Waals surface area (Å²) in [7, 11) is -3.06. The molecule has 7 nitrogen and oxygen atoms in total. The van der Waals surface area contributed by atoms with Crippen molar-refractivity contribution in [2.75, 3.05) is 24.6 Å². The lowest BCUT2D eigenvalue weighted by Crippen LogP contribution is -2.47. The molecule has 110 valence electrons. The molecule has 1 aliphatic heterocycles. The minimum atomic E-state index is -3.06. The van der Waals surface area contributed by atoms with E-state index in [2.05, 4.69) is 10.6 Å². The van der Waals surface area contributed by atoms with Crippen molar-refractivity contribution in [3.05, 3.63) is 0 Å². The van der Waals surface area contributed by atoms with Gasteiger partial charge in [-0.15, -0.1) is 0 Å². The van der Waals surface area contributed by atoms with Gasteiger partial charge in [0.05, 0.1) is 17.4 Å². The molecule has 3 N–H and O–H groups in total.